The minimum absolute atomic E-state index is 0.183. The molecule has 2 N–H and O–H groups in total. The summed E-state index contributed by atoms with van der Waals surface area (Å²) in [6.07, 6.45) is 2.03. The first kappa shape index (κ1) is 18.8. The SMILES string of the molecule is CCOC1CC(NC(=O)c2cc(SC)ccc2C)(C(=O)O)C1(C)C. The van der Waals surface area contributed by atoms with E-state index in [4.69, 9.17) is 4.74 Å². The Morgan fingerprint density at radius 2 is 2.08 bits per heavy atom. The van der Waals surface area contributed by atoms with E-state index in [-0.39, 0.29) is 18.4 Å². The minimum atomic E-state index is -1.31. The van der Waals surface area contributed by atoms with Crippen molar-refractivity contribution in [1.82, 2.24) is 5.32 Å². The fourth-order valence-corrected chi connectivity index (χ4v) is 3.71. The van der Waals surface area contributed by atoms with Crippen molar-refractivity contribution in [2.45, 2.75) is 50.7 Å². The lowest BCUT2D eigenvalue weighted by molar-refractivity contribution is -0.190. The lowest BCUT2D eigenvalue weighted by atomic mass is 9.54. The van der Waals surface area contributed by atoms with E-state index < -0.39 is 16.9 Å². The van der Waals surface area contributed by atoms with E-state index in [2.05, 4.69) is 5.32 Å². The highest BCUT2D eigenvalue weighted by Crippen LogP contribution is 2.51. The maximum absolute atomic E-state index is 12.8. The standard InChI is InChI=1S/C18H25NO4S/c1-6-23-14-10-18(16(21)22,17(14,3)4)19-15(20)13-9-12(24-5)8-7-11(13)2/h7-9,14H,6,10H2,1-5H3,(H,19,20)(H,21,22). The van der Waals surface area contributed by atoms with Gasteiger partial charge in [0.25, 0.3) is 5.91 Å². The number of carbonyl (C=O) groups excluding carboxylic acids is 1. The van der Waals surface area contributed by atoms with Crippen LogP contribution in [0, 0.1) is 12.3 Å². The van der Waals surface area contributed by atoms with Crippen LogP contribution >= 0.6 is 11.8 Å². The molecule has 1 aliphatic rings. The van der Waals surface area contributed by atoms with E-state index in [0.717, 1.165) is 10.5 Å². The van der Waals surface area contributed by atoms with E-state index in [0.29, 0.717) is 12.2 Å². The topological polar surface area (TPSA) is 75.6 Å². The van der Waals surface area contributed by atoms with Crippen molar-refractivity contribution in [2.75, 3.05) is 12.9 Å². The molecule has 0 radical (unpaired) electrons. The molecule has 0 aliphatic heterocycles. The molecular weight excluding hydrogens is 326 g/mol. The third-order valence-corrected chi connectivity index (χ3v) is 5.87. The van der Waals surface area contributed by atoms with Gasteiger partial charge in [-0.15, -0.1) is 11.8 Å². The molecule has 2 unspecified atom stereocenters. The Labute approximate surface area is 147 Å². The number of carboxylic acids is 1. The van der Waals surface area contributed by atoms with Gasteiger partial charge in [0.05, 0.1) is 6.10 Å². The van der Waals surface area contributed by atoms with Crippen LogP contribution in [0.5, 0.6) is 0 Å². The van der Waals surface area contributed by atoms with Crippen molar-refractivity contribution in [3.8, 4) is 0 Å². The lowest BCUT2D eigenvalue weighted by Crippen LogP contribution is -2.76. The van der Waals surface area contributed by atoms with Crippen molar-refractivity contribution < 1.29 is 19.4 Å². The van der Waals surface area contributed by atoms with Gasteiger partial charge < -0.3 is 15.2 Å². The average molecular weight is 351 g/mol. The van der Waals surface area contributed by atoms with Crippen molar-refractivity contribution in [3.05, 3.63) is 29.3 Å². The maximum atomic E-state index is 12.8. The van der Waals surface area contributed by atoms with Gasteiger partial charge >= 0.3 is 5.97 Å². The van der Waals surface area contributed by atoms with Crippen LogP contribution in [0.15, 0.2) is 23.1 Å². The van der Waals surface area contributed by atoms with Gasteiger partial charge in [-0.2, -0.15) is 0 Å². The number of thioether (sulfide) groups is 1. The van der Waals surface area contributed by atoms with Gasteiger partial charge in [-0.05, 0) is 37.8 Å². The zero-order valence-electron chi connectivity index (χ0n) is 14.8. The number of hydrogen-bond donors (Lipinski definition) is 2. The fraction of sp³-hybridized carbons (Fsp3) is 0.556. The van der Waals surface area contributed by atoms with Crippen molar-refractivity contribution >= 4 is 23.6 Å². The molecule has 1 aromatic carbocycles. The number of rotatable bonds is 6. The van der Waals surface area contributed by atoms with Gasteiger partial charge in [0.15, 0.2) is 0 Å². The largest absolute Gasteiger partial charge is 0.479 e. The Kier molecular flexibility index (Phi) is 5.30. The second-order valence-electron chi connectivity index (χ2n) is 6.72. The van der Waals surface area contributed by atoms with Crippen molar-refractivity contribution in [3.63, 3.8) is 0 Å². The Balaban J connectivity index is 2.30. The zero-order chi connectivity index (χ0) is 18.1. The molecule has 0 bridgehead atoms. The molecule has 5 nitrogen and oxygen atoms in total. The summed E-state index contributed by atoms with van der Waals surface area (Å²) >= 11 is 1.54. The van der Waals surface area contributed by atoms with Gasteiger partial charge in [-0.3, -0.25) is 4.79 Å². The molecule has 1 saturated carbocycles. The third kappa shape index (κ3) is 2.93. The molecule has 1 aromatic rings. The molecular formula is C18H25NO4S. The molecule has 1 amide bonds. The Bertz CT molecular complexity index is 658. The summed E-state index contributed by atoms with van der Waals surface area (Å²) in [7, 11) is 0. The summed E-state index contributed by atoms with van der Waals surface area (Å²) in [6, 6.07) is 5.63. The number of carbonyl (C=O) groups is 2. The highest BCUT2D eigenvalue weighted by Gasteiger charge is 2.66. The molecule has 1 aliphatic carbocycles. The molecule has 1 fully saturated rings. The molecule has 2 rings (SSSR count). The van der Waals surface area contributed by atoms with Crippen molar-refractivity contribution in [1.29, 1.82) is 0 Å². The fourth-order valence-electron chi connectivity index (χ4n) is 3.27. The average Bonchev–Trinajstić information content (AvgIpc) is 2.53. The zero-order valence-corrected chi connectivity index (χ0v) is 15.6. The number of ether oxygens (including phenoxy) is 1. The van der Waals surface area contributed by atoms with Crippen LogP contribution in [0.3, 0.4) is 0 Å². The van der Waals surface area contributed by atoms with Crippen LogP contribution in [-0.4, -0.2) is 41.5 Å². The summed E-state index contributed by atoms with van der Waals surface area (Å²) in [5, 5.41) is 12.6. The number of amides is 1. The molecule has 2 atom stereocenters. The van der Waals surface area contributed by atoms with E-state index in [1.165, 1.54) is 0 Å². The Hall–Kier alpha value is -1.53. The van der Waals surface area contributed by atoms with Crippen LogP contribution in [0.25, 0.3) is 0 Å². The number of benzene rings is 1. The molecule has 24 heavy (non-hydrogen) atoms. The van der Waals surface area contributed by atoms with Gasteiger partial charge in [0, 0.05) is 28.9 Å². The number of aliphatic carboxylic acids is 1. The Morgan fingerprint density at radius 1 is 1.42 bits per heavy atom. The molecule has 6 heteroatoms. The van der Waals surface area contributed by atoms with Gasteiger partial charge in [0.2, 0.25) is 0 Å². The number of carboxylic acid groups (broad SMARTS) is 1. The summed E-state index contributed by atoms with van der Waals surface area (Å²) in [5.41, 5.74) is -0.663. The van der Waals surface area contributed by atoms with Crippen molar-refractivity contribution in [2.24, 2.45) is 5.41 Å². The maximum Gasteiger partial charge on any atom is 0.330 e. The predicted octanol–water partition coefficient (Wildman–Crippen LogP) is 3.11. The molecule has 0 heterocycles. The van der Waals surface area contributed by atoms with Crippen LogP contribution in [0.1, 0.15) is 43.1 Å². The monoisotopic (exact) mass is 351 g/mol. The minimum Gasteiger partial charge on any atom is -0.479 e. The number of nitrogens with one attached hydrogen (secondary N) is 1. The van der Waals surface area contributed by atoms with Gasteiger partial charge in [-0.1, -0.05) is 19.9 Å². The highest BCUT2D eigenvalue weighted by molar-refractivity contribution is 7.98. The normalized spacial score (nSPS) is 25.0. The summed E-state index contributed by atoms with van der Waals surface area (Å²) in [6.45, 7) is 7.91. The van der Waals surface area contributed by atoms with Gasteiger partial charge in [0.1, 0.15) is 5.54 Å². The number of aryl methyl sites for hydroxylation is 1. The number of hydrogen-bond acceptors (Lipinski definition) is 4. The van der Waals surface area contributed by atoms with E-state index >= 15 is 0 Å². The van der Waals surface area contributed by atoms with Crippen LogP contribution in [-0.2, 0) is 9.53 Å². The lowest BCUT2D eigenvalue weighted by Gasteiger charge is -2.58. The van der Waals surface area contributed by atoms with E-state index in [1.807, 2.05) is 46.1 Å². The molecule has 0 spiro atoms. The van der Waals surface area contributed by atoms with Crippen LogP contribution < -0.4 is 5.32 Å². The second kappa shape index (κ2) is 6.76. The summed E-state index contributed by atoms with van der Waals surface area (Å²) in [5.74, 6) is -1.37. The van der Waals surface area contributed by atoms with Crippen LogP contribution in [0.2, 0.25) is 0 Å². The first-order chi connectivity index (χ1) is 11.2. The third-order valence-electron chi connectivity index (χ3n) is 5.15. The Morgan fingerprint density at radius 3 is 2.58 bits per heavy atom. The quantitative estimate of drug-likeness (QED) is 0.770. The first-order valence-corrected chi connectivity index (χ1v) is 9.24. The smallest absolute Gasteiger partial charge is 0.330 e. The summed E-state index contributed by atoms with van der Waals surface area (Å²) < 4.78 is 5.63. The molecule has 0 aromatic heterocycles. The predicted molar refractivity (Wildman–Crippen MR) is 94.6 cm³/mol. The van der Waals surface area contributed by atoms with E-state index in [9.17, 15) is 14.7 Å². The van der Waals surface area contributed by atoms with Gasteiger partial charge in [-0.25, -0.2) is 4.79 Å². The molecule has 132 valence electrons. The van der Waals surface area contributed by atoms with E-state index in [1.54, 1.807) is 17.8 Å². The first-order valence-electron chi connectivity index (χ1n) is 8.01. The second-order valence-corrected chi connectivity index (χ2v) is 7.59. The highest BCUT2D eigenvalue weighted by atomic mass is 32.2. The molecule has 0 saturated heterocycles. The van der Waals surface area contributed by atoms with Crippen LogP contribution in [0.4, 0.5) is 0 Å². The summed E-state index contributed by atoms with van der Waals surface area (Å²) in [4.78, 5) is 25.7.